The molecule has 0 atom stereocenters. The van der Waals surface area contributed by atoms with Crippen LogP contribution in [0.3, 0.4) is 0 Å². The largest absolute Gasteiger partial charge is 0.384 e. The van der Waals surface area contributed by atoms with Crippen molar-refractivity contribution in [1.29, 1.82) is 0 Å². The summed E-state index contributed by atoms with van der Waals surface area (Å²) >= 11 is 0. The second-order valence-corrected chi connectivity index (χ2v) is 7.03. The standard InChI is InChI=1S/C19H23N3O2/c23-22(24)18-8-7-17(15-5-1-2-6-16(15)18)20-12-11-19-9-3-13-21(19)14-4-10-19/h1-2,5-8,20H,3-4,9-14H2. The Morgan fingerprint density at radius 1 is 1.08 bits per heavy atom. The van der Waals surface area contributed by atoms with Crippen LogP contribution < -0.4 is 5.32 Å². The molecular formula is C19H23N3O2. The highest BCUT2D eigenvalue weighted by molar-refractivity contribution is 5.99. The summed E-state index contributed by atoms with van der Waals surface area (Å²) in [5.41, 5.74) is 1.58. The second-order valence-electron chi connectivity index (χ2n) is 7.03. The Morgan fingerprint density at radius 3 is 2.50 bits per heavy atom. The summed E-state index contributed by atoms with van der Waals surface area (Å²) in [6, 6.07) is 11.0. The number of hydrogen-bond donors (Lipinski definition) is 1. The molecule has 2 fully saturated rings. The molecule has 24 heavy (non-hydrogen) atoms. The summed E-state index contributed by atoms with van der Waals surface area (Å²) < 4.78 is 0. The SMILES string of the molecule is O=[N+]([O-])c1ccc(NCCC23CCCN2CCC3)c2ccccc12. The summed E-state index contributed by atoms with van der Waals surface area (Å²) in [6.45, 7) is 3.42. The first kappa shape index (κ1) is 15.4. The molecule has 0 spiro atoms. The van der Waals surface area contributed by atoms with E-state index in [-0.39, 0.29) is 10.6 Å². The molecule has 2 aliphatic rings. The van der Waals surface area contributed by atoms with Crippen LogP contribution in [0.4, 0.5) is 11.4 Å². The minimum absolute atomic E-state index is 0.174. The highest BCUT2D eigenvalue weighted by Gasteiger charge is 2.43. The zero-order chi connectivity index (χ0) is 16.6. The van der Waals surface area contributed by atoms with Gasteiger partial charge >= 0.3 is 0 Å². The van der Waals surface area contributed by atoms with Gasteiger partial charge in [-0.1, -0.05) is 18.2 Å². The van der Waals surface area contributed by atoms with E-state index >= 15 is 0 Å². The molecule has 2 aromatic carbocycles. The van der Waals surface area contributed by atoms with Crippen LogP contribution in [0.15, 0.2) is 36.4 Å². The molecule has 2 aliphatic heterocycles. The first-order valence-corrected chi connectivity index (χ1v) is 8.85. The van der Waals surface area contributed by atoms with Gasteiger partial charge in [0.05, 0.1) is 10.3 Å². The molecule has 0 unspecified atom stereocenters. The van der Waals surface area contributed by atoms with Crippen molar-refractivity contribution in [3.05, 3.63) is 46.5 Å². The van der Waals surface area contributed by atoms with Crippen molar-refractivity contribution in [1.82, 2.24) is 4.90 Å². The average Bonchev–Trinajstić information content (AvgIpc) is 3.14. The minimum Gasteiger partial charge on any atom is -0.384 e. The number of nitro benzene ring substituents is 1. The molecule has 0 amide bonds. The van der Waals surface area contributed by atoms with Gasteiger partial charge in [0.1, 0.15) is 0 Å². The monoisotopic (exact) mass is 325 g/mol. The van der Waals surface area contributed by atoms with Gasteiger partial charge in [0.15, 0.2) is 0 Å². The van der Waals surface area contributed by atoms with E-state index in [1.807, 2.05) is 30.3 Å². The van der Waals surface area contributed by atoms with E-state index in [2.05, 4.69) is 10.2 Å². The fourth-order valence-corrected chi connectivity index (χ4v) is 4.66. The molecule has 2 heterocycles. The molecule has 0 bridgehead atoms. The van der Waals surface area contributed by atoms with E-state index in [1.165, 1.54) is 38.8 Å². The predicted octanol–water partition coefficient (Wildman–Crippen LogP) is 4.18. The summed E-state index contributed by atoms with van der Waals surface area (Å²) in [7, 11) is 0. The number of hydrogen-bond acceptors (Lipinski definition) is 4. The number of nitrogens with one attached hydrogen (secondary N) is 1. The van der Waals surface area contributed by atoms with Gasteiger partial charge in [0.2, 0.25) is 0 Å². The molecule has 2 saturated heterocycles. The molecule has 0 saturated carbocycles. The van der Waals surface area contributed by atoms with Gasteiger partial charge in [-0.25, -0.2) is 0 Å². The second kappa shape index (κ2) is 6.06. The Bertz CT molecular complexity index is 764. The van der Waals surface area contributed by atoms with Gasteiger partial charge in [-0.15, -0.1) is 0 Å². The number of fused-ring (bicyclic) bond motifs is 2. The lowest BCUT2D eigenvalue weighted by atomic mass is 9.90. The van der Waals surface area contributed by atoms with Crippen molar-refractivity contribution < 1.29 is 4.92 Å². The van der Waals surface area contributed by atoms with Crippen molar-refractivity contribution in [3.63, 3.8) is 0 Å². The van der Waals surface area contributed by atoms with Crippen LogP contribution in [0.25, 0.3) is 10.8 Å². The fourth-order valence-electron chi connectivity index (χ4n) is 4.66. The highest BCUT2D eigenvalue weighted by Crippen LogP contribution is 2.41. The van der Waals surface area contributed by atoms with Crippen molar-refractivity contribution in [3.8, 4) is 0 Å². The molecular weight excluding hydrogens is 302 g/mol. The van der Waals surface area contributed by atoms with Crippen molar-refractivity contribution in [2.75, 3.05) is 25.0 Å². The number of benzene rings is 2. The van der Waals surface area contributed by atoms with Crippen LogP contribution in [-0.4, -0.2) is 35.0 Å². The molecule has 1 N–H and O–H groups in total. The normalized spacial score (nSPS) is 19.5. The first-order valence-electron chi connectivity index (χ1n) is 8.85. The van der Waals surface area contributed by atoms with Crippen molar-refractivity contribution in [2.24, 2.45) is 0 Å². The summed E-state index contributed by atoms with van der Waals surface area (Å²) in [5.74, 6) is 0. The van der Waals surface area contributed by atoms with Crippen LogP contribution in [0, 0.1) is 10.1 Å². The quantitative estimate of drug-likeness (QED) is 0.662. The Kier molecular flexibility index (Phi) is 3.88. The van der Waals surface area contributed by atoms with Gasteiger partial charge in [-0.05, 0) is 57.3 Å². The zero-order valence-electron chi connectivity index (χ0n) is 13.8. The number of nitrogens with zero attached hydrogens (tertiary/aromatic N) is 2. The Labute approximate surface area is 141 Å². The molecule has 5 nitrogen and oxygen atoms in total. The molecule has 5 heteroatoms. The lowest BCUT2D eigenvalue weighted by molar-refractivity contribution is -0.383. The summed E-state index contributed by atoms with van der Waals surface area (Å²) in [4.78, 5) is 13.6. The van der Waals surface area contributed by atoms with E-state index in [0.29, 0.717) is 10.9 Å². The smallest absolute Gasteiger partial charge is 0.277 e. The van der Waals surface area contributed by atoms with Crippen LogP contribution >= 0.6 is 0 Å². The van der Waals surface area contributed by atoms with Gasteiger partial charge in [-0.3, -0.25) is 15.0 Å². The molecule has 126 valence electrons. The topological polar surface area (TPSA) is 58.4 Å². The minimum atomic E-state index is -0.306. The molecule has 4 rings (SSSR count). The third kappa shape index (κ3) is 2.53. The van der Waals surface area contributed by atoms with E-state index < -0.39 is 0 Å². The van der Waals surface area contributed by atoms with Crippen molar-refractivity contribution >= 4 is 22.1 Å². The van der Waals surface area contributed by atoms with Gasteiger partial charge in [0.25, 0.3) is 5.69 Å². The lowest BCUT2D eigenvalue weighted by Gasteiger charge is -2.32. The van der Waals surface area contributed by atoms with E-state index in [4.69, 9.17) is 0 Å². The number of non-ortho nitro benzene ring substituents is 1. The zero-order valence-corrected chi connectivity index (χ0v) is 13.8. The molecule has 0 radical (unpaired) electrons. The van der Waals surface area contributed by atoms with Crippen LogP contribution in [0.1, 0.15) is 32.1 Å². The predicted molar refractivity (Wildman–Crippen MR) is 96.5 cm³/mol. The number of rotatable bonds is 5. The highest BCUT2D eigenvalue weighted by atomic mass is 16.6. The number of anilines is 1. The van der Waals surface area contributed by atoms with Gasteiger partial charge in [0, 0.05) is 29.2 Å². The van der Waals surface area contributed by atoms with E-state index in [0.717, 1.165) is 24.0 Å². The van der Waals surface area contributed by atoms with Crippen LogP contribution in [0.5, 0.6) is 0 Å². The summed E-state index contributed by atoms with van der Waals surface area (Å²) in [6.07, 6.45) is 6.42. The fraction of sp³-hybridized carbons (Fsp3) is 0.474. The maximum Gasteiger partial charge on any atom is 0.277 e. The van der Waals surface area contributed by atoms with E-state index in [1.54, 1.807) is 6.07 Å². The van der Waals surface area contributed by atoms with Crippen molar-refractivity contribution in [2.45, 2.75) is 37.6 Å². The molecule has 0 aliphatic carbocycles. The third-order valence-corrected chi connectivity index (χ3v) is 5.81. The third-order valence-electron chi connectivity index (χ3n) is 5.81. The lowest BCUT2D eigenvalue weighted by Crippen LogP contribution is -2.39. The van der Waals surface area contributed by atoms with Crippen LogP contribution in [-0.2, 0) is 0 Å². The van der Waals surface area contributed by atoms with Gasteiger partial charge in [-0.2, -0.15) is 0 Å². The number of nitro groups is 1. The Hall–Kier alpha value is -2.14. The molecule has 2 aromatic rings. The molecule has 0 aromatic heterocycles. The van der Waals surface area contributed by atoms with Crippen LogP contribution in [0.2, 0.25) is 0 Å². The van der Waals surface area contributed by atoms with E-state index in [9.17, 15) is 10.1 Å². The Morgan fingerprint density at radius 2 is 1.79 bits per heavy atom. The average molecular weight is 325 g/mol. The maximum atomic E-state index is 11.2. The van der Waals surface area contributed by atoms with Gasteiger partial charge < -0.3 is 5.32 Å². The maximum absolute atomic E-state index is 11.2. The Balaban J connectivity index is 1.53. The first-order chi connectivity index (χ1) is 11.7. The summed E-state index contributed by atoms with van der Waals surface area (Å²) in [5, 5.41) is 16.4.